The van der Waals surface area contributed by atoms with Crippen LogP contribution in [-0.4, -0.2) is 20.8 Å². The van der Waals surface area contributed by atoms with Crippen molar-refractivity contribution in [3.05, 3.63) is 94.5 Å². The average Bonchev–Trinajstić information content (AvgIpc) is 2.74. The number of aromatic nitrogens is 2. The van der Waals surface area contributed by atoms with Gasteiger partial charge in [0.25, 0.3) is 11.6 Å². The Hall–Kier alpha value is -4.13. The van der Waals surface area contributed by atoms with Crippen molar-refractivity contribution in [3.63, 3.8) is 0 Å². The molecule has 0 aliphatic heterocycles. The second kappa shape index (κ2) is 7.24. The molecule has 0 aliphatic rings. The lowest BCUT2D eigenvalue weighted by atomic mass is 10.1. The summed E-state index contributed by atoms with van der Waals surface area (Å²) in [7, 11) is 0. The first kappa shape index (κ1) is 17.3. The van der Waals surface area contributed by atoms with E-state index in [4.69, 9.17) is 0 Å². The molecule has 4 rings (SSSR count). The van der Waals surface area contributed by atoms with E-state index >= 15 is 0 Å². The molecule has 0 aliphatic carbocycles. The minimum atomic E-state index is -0.602. The maximum absolute atomic E-state index is 12.8. The number of nitro groups is 1. The van der Waals surface area contributed by atoms with Gasteiger partial charge < -0.3 is 5.32 Å². The summed E-state index contributed by atoms with van der Waals surface area (Å²) in [6, 6.07) is 22.5. The highest BCUT2D eigenvalue weighted by atomic mass is 16.6. The predicted octanol–water partition coefficient (Wildman–Crippen LogP) is 4.46. The molecule has 7 heteroatoms. The molecule has 0 bridgehead atoms. The average molecular weight is 370 g/mol. The molecule has 1 heterocycles. The highest BCUT2D eigenvalue weighted by molar-refractivity contribution is 6.10. The second-order valence-electron chi connectivity index (χ2n) is 6.01. The van der Waals surface area contributed by atoms with E-state index in [0.717, 1.165) is 5.56 Å². The molecule has 28 heavy (non-hydrogen) atoms. The van der Waals surface area contributed by atoms with Gasteiger partial charge in [-0.25, -0.2) is 9.97 Å². The minimum absolute atomic E-state index is 0.0311. The molecule has 136 valence electrons. The highest BCUT2D eigenvalue weighted by Crippen LogP contribution is 2.26. The first-order valence-electron chi connectivity index (χ1n) is 8.50. The van der Waals surface area contributed by atoms with E-state index in [1.807, 2.05) is 48.5 Å². The number of carbonyl (C=O) groups is 1. The van der Waals surface area contributed by atoms with Gasteiger partial charge in [-0.1, -0.05) is 54.6 Å². The third kappa shape index (κ3) is 3.28. The number of benzene rings is 3. The van der Waals surface area contributed by atoms with Crippen molar-refractivity contribution < 1.29 is 9.72 Å². The lowest BCUT2D eigenvalue weighted by Gasteiger charge is -2.10. The quantitative estimate of drug-likeness (QED) is 0.422. The van der Waals surface area contributed by atoms with E-state index in [1.165, 1.54) is 18.2 Å². The molecular weight excluding hydrogens is 356 g/mol. The lowest BCUT2D eigenvalue weighted by molar-refractivity contribution is -0.385. The Morgan fingerprint density at radius 3 is 2.32 bits per heavy atom. The number of hydrogen-bond donors (Lipinski definition) is 1. The maximum atomic E-state index is 12.8. The smallest absolute Gasteiger partial charge is 0.282 e. The standard InChI is InChI=1S/C21H14N4O3/c26-21(16-11-5-7-13-18(16)25(27)28)24-20-15-10-4-6-12-17(15)22-19(23-20)14-8-2-1-3-9-14/h1-13H,(H,22,23,24,26). The number of rotatable bonds is 4. The summed E-state index contributed by atoms with van der Waals surface area (Å²) in [5.74, 6) is 0.153. The van der Waals surface area contributed by atoms with Gasteiger partial charge in [0.15, 0.2) is 5.82 Å². The summed E-state index contributed by atoms with van der Waals surface area (Å²) >= 11 is 0. The van der Waals surface area contributed by atoms with Crippen LogP contribution in [0.15, 0.2) is 78.9 Å². The number of hydrogen-bond acceptors (Lipinski definition) is 5. The SMILES string of the molecule is O=C(Nc1nc(-c2ccccc2)nc2ccccc12)c1ccccc1[N+](=O)[O-]. The van der Waals surface area contributed by atoms with E-state index in [-0.39, 0.29) is 11.3 Å². The second-order valence-corrected chi connectivity index (χ2v) is 6.01. The molecule has 1 aromatic heterocycles. The van der Waals surface area contributed by atoms with Crippen LogP contribution < -0.4 is 5.32 Å². The molecule has 0 spiro atoms. The number of nitrogens with one attached hydrogen (secondary N) is 1. The van der Waals surface area contributed by atoms with Crippen molar-refractivity contribution in [2.24, 2.45) is 0 Å². The fourth-order valence-corrected chi connectivity index (χ4v) is 2.89. The van der Waals surface area contributed by atoms with Crippen LogP contribution in [0.1, 0.15) is 10.4 Å². The molecule has 1 N–H and O–H groups in total. The Labute approximate surface area is 159 Å². The summed E-state index contributed by atoms with van der Waals surface area (Å²) in [5, 5.41) is 14.6. The van der Waals surface area contributed by atoms with Crippen molar-refractivity contribution >= 4 is 28.3 Å². The summed E-state index contributed by atoms with van der Waals surface area (Å²) in [6.45, 7) is 0. The van der Waals surface area contributed by atoms with Gasteiger partial charge in [-0.3, -0.25) is 14.9 Å². The third-order valence-electron chi connectivity index (χ3n) is 4.21. The number of para-hydroxylation sites is 2. The van der Waals surface area contributed by atoms with Crippen molar-refractivity contribution in [3.8, 4) is 11.4 Å². The van der Waals surface area contributed by atoms with Crippen LogP contribution in [0.2, 0.25) is 0 Å². The monoisotopic (exact) mass is 370 g/mol. The Balaban J connectivity index is 1.80. The number of nitro benzene ring substituents is 1. The largest absolute Gasteiger partial charge is 0.306 e. The van der Waals surface area contributed by atoms with Gasteiger partial charge >= 0.3 is 0 Å². The van der Waals surface area contributed by atoms with Gasteiger partial charge in [0, 0.05) is 17.0 Å². The first-order chi connectivity index (χ1) is 13.6. The zero-order valence-electron chi connectivity index (χ0n) is 14.6. The van der Waals surface area contributed by atoms with Crippen LogP contribution in [0.3, 0.4) is 0 Å². The molecular formula is C21H14N4O3. The maximum Gasteiger partial charge on any atom is 0.282 e. The normalized spacial score (nSPS) is 10.6. The fraction of sp³-hybridized carbons (Fsp3) is 0. The predicted molar refractivity (Wildman–Crippen MR) is 106 cm³/mol. The van der Waals surface area contributed by atoms with E-state index < -0.39 is 10.8 Å². The van der Waals surface area contributed by atoms with Gasteiger partial charge in [-0.2, -0.15) is 0 Å². The first-order valence-corrected chi connectivity index (χ1v) is 8.50. The summed E-state index contributed by atoms with van der Waals surface area (Å²) in [6.07, 6.45) is 0. The van der Waals surface area contributed by atoms with Crippen LogP contribution in [-0.2, 0) is 0 Å². The number of carbonyl (C=O) groups excluding carboxylic acids is 1. The van der Waals surface area contributed by atoms with E-state index in [9.17, 15) is 14.9 Å². The topological polar surface area (TPSA) is 98.0 Å². The molecule has 0 saturated carbocycles. The molecule has 7 nitrogen and oxygen atoms in total. The Kier molecular flexibility index (Phi) is 4.47. The summed E-state index contributed by atoms with van der Waals surface area (Å²) < 4.78 is 0. The van der Waals surface area contributed by atoms with Crippen LogP contribution >= 0.6 is 0 Å². The minimum Gasteiger partial charge on any atom is -0.306 e. The van der Waals surface area contributed by atoms with E-state index in [1.54, 1.807) is 12.1 Å². The highest BCUT2D eigenvalue weighted by Gasteiger charge is 2.21. The van der Waals surface area contributed by atoms with Crippen molar-refractivity contribution in [1.29, 1.82) is 0 Å². The Bertz CT molecular complexity index is 1190. The van der Waals surface area contributed by atoms with Crippen LogP contribution in [0.5, 0.6) is 0 Å². The molecule has 0 radical (unpaired) electrons. The Morgan fingerprint density at radius 1 is 0.857 bits per heavy atom. The number of fused-ring (bicyclic) bond motifs is 1. The van der Waals surface area contributed by atoms with Crippen molar-refractivity contribution in [1.82, 2.24) is 9.97 Å². The molecule has 4 aromatic rings. The van der Waals surface area contributed by atoms with Gasteiger partial charge in [0.2, 0.25) is 0 Å². The van der Waals surface area contributed by atoms with Gasteiger partial charge in [0.1, 0.15) is 11.4 Å². The lowest BCUT2D eigenvalue weighted by Crippen LogP contribution is -2.15. The van der Waals surface area contributed by atoms with Crippen molar-refractivity contribution in [2.45, 2.75) is 0 Å². The number of amides is 1. The van der Waals surface area contributed by atoms with E-state index in [0.29, 0.717) is 22.5 Å². The molecule has 0 atom stereocenters. The van der Waals surface area contributed by atoms with Gasteiger partial charge in [-0.05, 0) is 18.2 Å². The summed E-state index contributed by atoms with van der Waals surface area (Å²) in [4.78, 5) is 32.5. The fourth-order valence-electron chi connectivity index (χ4n) is 2.89. The third-order valence-corrected chi connectivity index (χ3v) is 4.21. The van der Waals surface area contributed by atoms with Crippen LogP contribution in [0, 0.1) is 10.1 Å². The zero-order chi connectivity index (χ0) is 19.5. The van der Waals surface area contributed by atoms with Crippen LogP contribution in [0.4, 0.5) is 11.5 Å². The molecule has 0 saturated heterocycles. The number of anilines is 1. The van der Waals surface area contributed by atoms with Crippen LogP contribution in [0.25, 0.3) is 22.3 Å². The molecule has 3 aromatic carbocycles. The van der Waals surface area contributed by atoms with Gasteiger partial charge in [0.05, 0.1) is 10.4 Å². The van der Waals surface area contributed by atoms with Gasteiger partial charge in [-0.15, -0.1) is 0 Å². The van der Waals surface area contributed by atoms with Crippen molar-refractivity contribution in [2.75, 3.05) is 5.32 Å². The summed E-state index contributed by atoms with van der Waals surface area (Å²) in [5.41, 5.74) is 1.17. The molecule has 0 fully saturated rings. The zero-order valence-corrected chi connectivity index (χ0v) is 14.6. The number of nitrogens with zero attached hydrogens (tertiary/aromatic N) is 3. The Morgan fingerprint density at radius 2 is 1.54 bits per heavy atom. The molecule has 1 amide bonds. The van der Waals surface area contributed by atoms with E-state index in [2.05, 4.69) is 15.3 Å². The molecule has 0 unspecified atom stereocenters.